The second kappa shape index (κ2) is 12.7. The molecule has 1 N–H and O–H groups in total. The SMILES string of the molecule is CCc1nn(CC)c2c1CCC21CCN(C[C@H]2C[C@H]([C@H](CC3CC3)C(=O)O)C[C@@H]2c2cccc(F)c2)CC1.Cl.Cl. The Balaban J connectivity index is 0.00000185. The van der Waals surface area contributed by atoms with Crippen molar-refractivity contribution in [3.63, 3.8) is 0 Å². The fraction of sp³-hybridized carbons (Fsp3) is 0.688. The van der Waals surface area contributed by atoms with Crippen LogP contribution in [-0.4, -0.2) is 45.4 Å². The van der Waals surface area contributed by atoms with Crippen molar-refractivity contribution in [3.05, 3.63) is 52.6 Å². The molecule has 1 saturated heterocycles. The Kier molecular flexibility index (Phi) is 9.95. The predicted molar refractivity (Wildman–Crippen MR) is 161 cm³/mol. The quantitative estimate of drug-likeness (QED) is 0.339. The number of nitrogens with zero attached hydrogens (tertiary/aromatic N) is 3. The number of aromatic nitrogens is 2. The van der Waals surface area contributed by atoms with Crippen molar-refractivity contribution in [2.24, 2.45) is 23.7 Å². The molecule has 0 amide bonds. The van der Waals surface area contributed by atoms with Crippen LogP contribution in [0.3, 0.4) is 0 Å². The molecule has 40 heavy (non-hydrogen) atoms. The van der Waals surface area contributed by atoms with Gasteiger partial charge < -0.3 is 10.0 Å². The van der Waals surface area contributed by atoms with E-state index >= 15 is 0 Å². The third-order valence-electron chi connectivity index (χ3n) is 10.6. The predicted octanol–water partition coefficient (Wildman–Crippen LogP) is 7.04. The number of carbonyl (C=O) groups is 1. The number of halogens is 3. The van der Waals surface area contributed by atoms with E-state index in [1.54, 1.807) is 6.07 Å². The number of aliphatic carboxylic acids is 1. The van der Waals surface area contributed by atoms with Crippen molar-refractivity contribution in [2.45, 2.75) is 95.9 Å². The first-order valence-electron chi connectivity index (χ1n) is 15.2. The van der Waals surface area contributed by atoms with Crippen LogP contribution in [0.5, 0.6) is 0 Å². The number of carboxylic acids is 1. The van der Waals surface area contributed by atoms with Gasteiger partial charge in [0.15, 0.2) is 0 Å². The third kappa shape index (κ3) is 5.96. The average molecular weight is 595 g/mol. The number of piperidine rings is 1. The molecule has 6 rings (SSSR count). The second-order valence-electron chi connectivity index (χ2n) is 12.8. The Bertz CT molecular complexity index is 1170. The zero-order valence-corrected chi connectivity index (χ0v) is 25.6. The molecule has 2 heterocycles. The first kappa shape index (κ1) is 31.3. The van der Waals surface area contributed by atoms with E-state index in [2.05, 4.69) is 29.5 Å². The highest BCUT2D eigenvalue weighted by Gasteiger charge is 2.47. The van der Waals surface area contributed by atoms with Crippen molar-refractivity contribution < 1.29 is 14.3 Å². The lowest BCUT2D eigenvalue weighted by Gasteiger charge is -2.41. The van der Waals surface area contributed by atoms with E-state index in [-0.39, 0.29) is 53.8 Å². The van der Waals surface area contributed by atoms with Crippen LogP contribution in [0.2, 0.25) is 0 Å². The summed E-state index contributed by atoms with van der Waals surface area (Å²) in [5.74, 6) is 0.328. The maximum atomic E-state index is 14.2. The largest absolute Gasteiger partial charge is 0.481 e. The summed E-state index contributed by atoms with van der Waals surface area (Å²) in [5.41, 5.74) is 5.68. The topological polar surface area (TPSA) is 58.4 Å². The lowest BCUT2D eigenvalue weighted by molar-refractivity contribution is -0.144. The van der Waals surface area contributed by atoms with E-state index in [0.717, 1.165) is 57.4 Å². The molecule has 2 saturated carbocycles. The normalized spacial score (nSPS) is 26.2. The fourth-order valence-electron chi connectivity index (χ4n) is 8.43. The first-order chi connectivity index (χ1) is 18.4. The second-order valence-corrected chi connectivity index (χ2v) is 12.8. The highest BCUT2D eigenvalue weighted by molar-refractivity contribution is 5.85. The summed E-state index contributed by atoms with van der Waals surface area (Å²) in [6, 6.07) is 7.09. The molecule has 1 spiro atoms. The Labute approximate surface area is 251 Å². The number of hydrogen-bond donors (Lipinski definition) is 1. The van der Waals surface area contributed by atoms with Gasteiger partial charge in [0.05, 0.1) is 11.6 Å². The molecule has 0 radical (unpaired) electrons. The van der Waals surface area contributed by atoms with Crippen molar-refractivity contribution in [1.29, 1.82) is 0 Å². The molecule has 3 fully saturated rings. The van der Waals surface area contributed by atoms with E-state index in [9.17, 15) is 14.3 Å². The van der Waals surface area contributed by atoms with Crippen LogP contribution >= 0.6 is 24.8 Å². The fourth-order valence-corrected chi connectivity index (χ4v) is 8.43. The molecular formula is C32H46Cl2FN3O2. The molecule has 0 bridgehead atoms. The lowest BCUT2D eigenvalue weighted by atomic mass is 9.75. The zero-order valence-electron chi connectivity index (χ0n) is 24.0. The van der Waals surface area contributed by atoms with Gasteiger partial charge in [0.2, 0.25) is 0 Å². The molecule has 1 aromatic carbocycles. The van der Waals surface area contributed by atoms with Gasteiger partial charge in [0.25, 0.3) is 0 Å². The highest BCUT2D eigenvalue weighted by atomic mass is 35.5. The minimum absolute atomic E-state index is 0. The van der Waals surface area contributed by atoms with Gasteiger partial charge >= 0.3 is 5.97 Å². The molecule has 2 aromatic rings. The van der Waals surface area contributed by atoms with Gasteiger partial charge in [0, 0.05) is 24.2 Å². The van der Waals surface area contributed by atoms with E-state index in [1.165, 1.54) is 61.5 Å². The van der Waals surface area contributed by atoms with Crippen LogP contribution < -0.4 is 0 Å². The van der Waals surface area contributed by atoms with Gasteiger partial charge in [-0.2, -0.15) is 5.10 Å². The number of hydrogen-bond acceptors (Lipinski definition) is 3. The monoisotopic (exact) mass is 593 g/mol. The van der Waals surface area contributed by atoms with Crippen molar-refractivity contribution in [2.75, 3.05) is 19.6 Å². The Morgan fingerprint density at radius 3 is 2.52 bits per heavy atom. The van der Waals surface area contributed by atoms with Crippen LogP contribution in [0.25, 0.3) is 0 Å². The summed E-state index contributed by atoms with van der Waals surface area (Å²) in [4.78, 5) is 14.9. The highest BCUT2D eigenvalue weighted by Crippen LogP contribution is 2.51. The van der Waals surface area contributed by atoms with Crippen molar-refractivity contribution in [3.8, 4) is 0 Å². The zero-order chi connectivity index (χ0) is 26.4. The van der Waals surface area contributed by atoms with Crippen LogP contribution in [0.4, 0.5) is 4.39 Å². The smallest absolute Gasteiger partial charge is 0.306 e. The van der Waals surface area contributed by atoms with Gasteiger partial charge in [-0.3, -0.25) is 9.48 Å². The molecule has 1 aliphatic heterocycles. The molecule has 5 nitrogen and oxygen atoms in total. The maximum Gasteiger partial charge on any atom is 0.306 e. The van der Waals surface area contributed by atoms with Crippen LogP contribution in [0.1, 0.15) is 93.6 Å². The first-order valence-corrected chi connectivity index (χ1v) is 15.2. The van der Waals surface area contributed by atoms with Crippen molar-refractivity contribution in [1.82, 2.24) is 14.7 Å². The van der Waals surface area contributed by atoms with Crippen molar-refractivity contribution >= 4 is 30.8 Å². The molecule has 4 aliphatic rings. The minimum atomic E-state index is -0.628. The molecule has 4 atom stereocenters. The molecule has 222 valence electrons. The van der Waals surface area contributed by atoms with Gasteiger partial charge in [-0.1, -0.05) is 31.9 Å². The Hall–Kier alpha value is -1.63. The van der Waals surface area contributed by atoms with E-state index in [1.807, 2.05) is 6.07 Å². The van der Waals surface area contributed by atoms with Crippen LogP contribution in [0, 0.1) is 29.5 Å². The molecule has 0 unspecified atom stereocenters. The molecular weight excluding hydrogens is 548 g/mol. The summed E-state index contributed by atoms with van der Waals surface area (Å²) < 4.78 is 16.5. The third-order valence-corrected chi connectivity index (χ3v) is 10.6. The summed E-state index contributed by atoms with van der Waals surface area (Å²) in [6.07, 6.45) is 10.8. The Morgan fingerprint density at radius 1 is 1.15 bits per heavy atom. The number of likely N-dealkylation sites (tertiary alicyclic amines) is 1. The van der Waals surface area contributed by atoms with Gasteiger partial charge in [-0.05, 0) is 118 Å². The summed E-state index contributed by atoms with van der Waals surface area (Å²) in [6.45, 7) is 8.53. The minimum Gasteiger partial charge on any atom is -0.481 e. The van der Waals surface area contributed by atoms with E-state index < -0.39 is 5.97 Å². The van der Waals surface area contributed by atoms with Gasteiger partial charge in [0.1, 0.15) is 5.82 Å². The van der Waals surface area contributed by atoms with E-state index in [4.69, 9.17) is 5.10 Å². The van der Waals surface area contributed by atoms with Gasteiger partial charge in [-0.15, -0.1) is 24.8 Å². The van der Waals surface area contributed by atoms with Crippen LogP contribution in [-0.2, 0) is 29.6 Å². The average Bonchev–Trinajstić information content (AvgIpc) is 3.37. The Morgan fingerprint density at radius 2 is 1.90 bits per heavy atom. The molecule has 3 aliphatic carbocycles. The van der Waals surface area contributed by atoms with Crippen LogP contribution in [0.15, 0.2) is 24.3 Å². The summed E-state index contributed by atoms with van der Waals surface area (Å²) >= 11 is 0. The lowest BCUT2D eigenvalue weighted by Crippen LogP contribution is -2.44. The number of carboxylic acid groups (broad SMARTS) is 1. The summed E-state index contributed by atoms with van der Waals surface area (Å²) in [7, 11) is 0. The summed E-state index contributed by atoms with van der Waals surface area (Å²) in [5, 5.41) is 15.1. The standard InChI is InChI=1S/C32H44FN3O2.2ClH/c1-3-29-26-10-11-32(30(26)36(4-2)34-29)12-14-35(15-13-32)20-24-17-23(28(31(37)38)16-21-8-9-21)19-27(24)22-6-5-7-25(33)18-22;;/h5-7,18,21,23-24,27-28H,3-4,8-17,19-20H2,1-2H3,(H,37,38);2*1H/t23-,24+,27+,28-;;/m0../s1. The maximum absolute atomic E-state index is 14.2. The van der Waals surface area contributed by atoms with E-state index in [0.29, 0.717) is 11.8 Å². The number of aryl methyl sites for hydroxylation is 2. The molecule has 8 heteroatoms. The number of rotatable bonds is 9. The number of fused-ring (bicyclic) bond motifs is 2. The van der Waals surface area contributed by atoms with Gasteiger partial charge in [-0.25, -0.2) is 4.39 Å². The number of benzene rings is 1. The molecule has 1 aromatic heterocycles.